The Balaban J connectivity index is 1.71. The lowest BCUT2D eigenvalue weighted by Crippen LogP contribution is -2.17. The van der Waals surface area contributed by atoms with Crippen molar-refractivity contribution >= 4 is 39.4 Å². The van der Waals surface area contributed by atoms with Crippen LogP contribution in [0.4, 0.5) is 39.8 Å². The smallest absolute Gasteiger partial charge is 0.319 e. The fourth-order valence-electron chi connectivity index (χ4n) is 3.21. The van der Waals surface area contributed by atoms with E-state index in [0.717, 1.165) is 23.4 Å². The molecule has 0 unspecified atom stereocenters. The van der Waals surface area contributed by atoms with E-state index in [1.807, 2.05) is 17.2 Å². The standard InChI is InChI=1S/C23H16F4N4OS/c1-14-5-6-15(21(32)30-18-4-2-3-17(20(18)24)23(25,26)27)13-19(14)31(22-29-11-12-33-22)16-7-9-28-10-8-16/h2-13H,1H3,(H,30,32). The summed E-state index contributed by atoms with van der Waals surface area (Å²) in [5, 5.41) is 4.70. The Hall–Kier alpha value is -3.79. The minimum absolute atomic E-state index is 0.142. The maximum Gasteiger partial charge on any atom is 0.419 e. The summed E-state index contributed by atoms with van der Waals surface area (Å²) in [6.45, 7) is 1.85. The minimum Gasteiger partial charge on any atom is -0.319 e. The fourth-order valence-corrected chi connectivity index (χ4v) is 3.88. The van der Waals surface area contributed by atoms with Crippen molar-refractivity contribution in [1.29, 1.82) is 0 Å². The molecule has 2 aromatic heterocycles. The highest BCUT2D eigenvalue weighted by Gasteiger charge is 2.35. The second-order valence-corrected chi connectivity index (χ2v) is 7.85. The predicted molar refractivity (Wildman–Crippen MR) is 119 cm³/mol. The molecule has 1 amide bonds. The molecule has 4 aromatic rings. The minimum atomic E-state index is -4.87. The van der Waals surface area contributed by atoms with E-state index in [1.165, 1.54) is 17.4 Å². The zero-order valence-electron chi connectivity index (χ0n) is 17.1. The molecule has 0 bridgehead atoms. The molecule has 10 heteroatoms. The Morgan fingerprint density at radius 2 is 1.82 bits per heavy atom. The van der Waals surface area contributed by atoms with E-state index in [-0.39, 0.29) is 5.56 Å². The molecule has 0 saturated heterocycles. The normalized spacial score (nSPS) is 11.3. The molecule has 0 aliphatic rings. The Kier molecular flexibility index (Phi) is 6.10. The number of nitrogens with zero attached hydrogens (tertiary/aromatic N) is 3. The molecular formula is C23H16F4N4OS. The zero-order valence-corrected chi connectivity index (χ0v) is 17.9. The van der Waals surface area contributed by atoms with Crippen molar-refractivity contribution in [2.24, 2.45) is 0 Å². The lowest BCUT2D eigenvalue weighted by Gasteiger charge is -2.24. The van der Waals surface area contributed by atoms with Crippen LogP contribution >= 0.6 is 11.3 Å². The first-order valence-corrected chi connectivity index (χ1v) is 10.5. The molecule has 5 nitrogen and oxygen atoms in total. The largest absolute Gasteiger partial charge is 0.419 e. The number of hydrogen-bond donors (Lipinski definition) is 1. The number of hydrogen-bond acceptors (Lipinski definition) is 5. The van der Waals surface area contributed by atoms with Crippen LogP contribution in [-0.4, -0.2) is 15.9 Å². The molecule has 0 aliphatic heterocycles. The van der Waals surface area contributed by atoms with Gasteiger partial charge in [0.05, 0.1) is 22.6 Å². The Morgan fingerprint density at radius 3 is 2.48 bits per heavy atom. The van der Waals surface area contributed by atoms with E-state index in [0.29, 0.717) is 16.9 Å². The van der Waals surface area contributed by atoms with Crippen LogP contribution in [0.5, 0.6) is 0 Å². The molecule has 0 atom stereocenters. The maximum absolute atomic E-state index is 14.4. The molecule has 0 fully saturated rings. The van der Waals surface area contributed by atoms with Crippen molar-refractivity contribution in [3.05, 3.63) is 95.0 Å². The van der Waals surface area contributed by atoms with Gasteiger partial charge in [0.25, 0.3) is 5.91 Å². The second-order valence-electron chi connectivity index (χ2n) is 6.98. The van der Waals surface area contributed by atoms with Crippen LogP contribution in [0.15, 0.2) is 72.5 Å². The van der Waals surface area contributed by atoms with Crippen molar-refractivity contribution in [2.75, 3.05) is 10.2 Å². The van der Waals surface area contributed by atoms with Gasteiger partial charge >= 0.3 is 6.18 Å². The van der Waals surface area contributed by atoms with Crippen LogP contribution in [-0.2, 0) is 6.18 Å². The Labute approximate surface area is 190 Å². The van der Waals surface area contributed by atoms with Crippen LogP contribution in [0.2, 0.25) is 0 Å². The first-order valence-electron chi connectivity index (χ1n) is 9.63. The van der Waals surface area contributed by atoms with Gasteiger partial charge in [0, 0.05) is 29.5 Å². The molecule has 168 valence electrons. The van der Waals surface area contributed by atoms with E-state index < -0.39 is 29.2 Å². The van der Waals surface area contributed by atoms with Crippen molar-refractivity contribution in [2.45, 2.75) is 13.1 Å². The third kappa shape index (κ3) is 4.70. The summed E-state index contributed by atoms with van der Waals surface area (Å²) in [4.78, 5) is 23.1. The number of amides is 1. The first-order chi connectivity index (χ1) is 15.8. The number of alkyl halides is 3. The lowest BCUT2D eigenvalue weighted by atomic mass is 10.1. The van der Waals surface area contributed by atoms with Gasteiger partial charge in [0.1, 0.15) is 0 Å². The molecule has 2 heterocycles. The van der Waals surface area contributed by atoms with Gasteiger partial charge < -0.3 is 5.32 Å². The van der Waals surface area contributed by atoms with Crippen LogP contribution in [0.25, 0.3) is 0 Å². The molecule has 0 aliphatic carbocycles. The quantitative estimate of drug-likeness (QED) is 0.327. The number of benzene rings is 2. The van der Waals surface area contributed by atoms with Gasteiger partial charge in [-0.2, -0.15) is 13.2 Å². The van der Waals surface area contributed by atoms with Gasteiger partial charge in [0.15, 0.2) is 10.9 Å². The molecule has 0 radical (unpaired) electrons. The van der Waals surface area contributed by atoms with Gasteiger partial charge in [-0.05, 0) is 48.9 Å². The highest BCUT2D eigenvalue weighted by molar-refractivity contribution is 7.13. The summed E-state index contributed by atoms with van der Waals surface area (Å²) in [7, 11) is 0. The summed E-state index contributed by atoms with van der Waals surface area (Å²) >= 11 is 1.39. The molecule has 1 N–H and O–H groups in total. The third-order valence-corrected chi connectivity index (χ3v) is 5.55. The zero-order chi connectivity index (χ0) is 23.6. The number of rotatable bonds is 5. The fraction of sp³-hybridized carbons (Fsp3) is 0.0870. The number of halogens is 4. The summed E-state index contributed by atoms with van der Waals surface area (Å²) in [6, 6.07) is 11.1. The van der Waals surface area contributed by atoms with Crippen molar-refractivity contribution < 1.29 is 22.4 Å². The summed E-state index contributed by atoms with van der Waals surface area (Å²) in [6.07, 6.45) is 0.0214. The summed E-state index contributed by atoms with van der Waals surface area (Å²) in [5.74, 6) is -2.28. The molecule has 4 rings (SSSR count). The summed E-state index contributed by atoms with van der Waals surface area (Å²) in [5.41, 5.74) is 0.352. The van der Waals surface area contributed by atoms with Crippen LogP contribution < -0.4 is 10.2 Å². The van der Waals surface area contributed by atoms with Gasteiger partial charge in [-0.3, -0.25) is 14.7 Å². The number of aromatic nitrogens is 2. The van der Waals surface area contributed by atoms with Crippen molar-refractivity contribution in [3.8, 4) is 0 Å². The third-order valence-electron chi connectivity index (χ3n) is 4.80. The maximum atomic E-state index is 14.4. The van der Waals surface area contributed by atoms with Crippen LogP contribution in [0, 0.1) is 12.7 Å². The average Bonchev–Trinajstić information content (AvgIpc) is 3.31. The number of aryl methyl sites for hydroxylation is 1. The molecular weight excluding hydrogens is 456 g/mol. The van der Waals surface area contributed by atoms with E-state index >= 15 is 0 Å². The topological polar surface area (TPSA) is 58.1 Å². The van der Waals surface area contributed by atoms with Gasteiger partial charge in [-0.1, -0.05) is 12.1 Å². The monoisotopic (exact) mass is 472 g/mol. The van der Waals surface area contributed by atoms with E-state index in [4.69, 9.17) is 0 Å². The second kappa shape index (κ2) is 8.99. The SMILES string of the molecule is Cc1ccc(C(=O)Nc2cccc(C(F)(F)F)c2F)cc1N(c1ccncc1)c1nccs1. The predicted octanol–water partition coefficient (Wildman–Crippen LogP) is 6.73. The number of thiazole rings is 1. The van der Waals surface area contributed by atoms with E-state index in [1.54, 1.807) is 42.9 Å². The summed E-state index contributed by atoms with van der Waals surface area (Å²) < 4.78 is 53.4. The van der Waals surface area contributed by atoms with Gasteiger partial charge in [-0.25, -0.2) is 9.37 Å². The molecule has 2 aromatic carbocycles. The number of anilines is 4. The number of pyridine rings is 1. The first kappa shape index (κ1) is 22.4. The molecule has 0 saturated carbocycles. The van der Waals surface area contributed by atoms with Gasteiger partial charge in [-0.15, -0.1) is 11.3 Å². The Morgan fingerprint density at radius 1 is 1.06 bits per heavy atom. The molecule has 0 spiro atoms. The van der Waals surface area contributed by atoms with E-state index in [2.05, 4.69) is 15.3 Å². The van der Waals surface area contributed by atoms with Crippen LogP contribution in [0.3, 0.4) is 0 Å². The number of nitrogens with one attached hydrogen (secondary N) is 1. The number of carbonyl (C=O) groups is 1. The van der Waals surface area contributed by atoms with Crippen molar-refractivity contribution in [1.82, 2.24) is 9.97 Å². The highest BCUT2D eigenvalue weighted by atomic mass is 32.1. The Bertz CT molecular complexity index is 1280. The highest BCUT2D eigenvalue weighted by Crippen LogP contribution is 2.38. The average molecular weight is 472 g/mol. The molecule has 33 heavy (non-hydrogen) atoms. The van der Waals surface area contributed by atoms with Crippen LogP contribution in [0.1, 0.15) is 21.5 Å². The van der Waals surface area contributed by atoms with Crippen molar-refractivity contribution in [3.63, 3.8) is 0 Å². The van der Waals surface area contributed by atoms with Gasteiger partial charge in [0.2, 0.25) is 0 Å². The lowest BCUT2D eigenvalue weighted by molar-refractivity contribution is -0.139. The van der Waals surface area contributed by atoms with E-state index in [9.17, 15) is 22.4 Å². The number of carbonyl (C=O) groups excluding carboxylic acids is 1.